The number of piperazine rings is 1. The Morgan fingerprint density at radius 2 is 2.04 bits per heavy atom. The fourth-order valence-corrected chi connectivity index (χ4v) is 3.94. The Morgan fingerprint density at radius 3 is 2.70 bits per heavy atom. The minimum atomic E-state index is 0.328. The number of tetrazole rings is 1. The van der Waals surface area contributed by atoms with E-state index in [4.69, 9.17) is 0 Å². The number of hydrogen-bond acceptors (Lipinski definition) is 6. The second kappa shape index (κ2) is 7.99. The van der Waals surface area contributed by atoms with Gasteiger partial charge in [-0.2, -0.15) is 0 Å². The summed E-state index contributed by atoms with van der Waals surface area (Å²) in [6.07, 6.45) is 2.25. The Labute approximate surface area is 142 Å². The highest BCUT2D eigenvalue weighted by Crippen LogP contribution is 2.25. The van der Waals surface area contributed by atoms with Gasteiger partial charge in [0.25, 0.3) is 0 Å². The molecule has 2 aromatic heterocycles. The molecule has 1 aliphatic rings. The largest absolute Gasteiger partial charge is 0.301 e. The van der Waals surface area contributed by atoms with Gasteiger partial charge in [0.05, 0.1) is 12.6 Å². The molecule has 3 rings (SSSR count). The first-order chi connectivity index (χ1) is 11.3. The first-order valence-corrected chi connectivity index (χ1v) is 9.44. The summed E-state index contributed by atoms with van der Waals surface area (Å²) in [5, 5.41) is 14.7. The maximum atomic E-state index is 4.38. The predicted octanol–water partition coefficient (Wildman–Crippen LogP) is 2.26. The number of hydrogen-bond donors (Lipinski definition) is 0. The van der Waals surface area contributed by atoms with Crippen LogP contribution >= 0.6 is 11.3 Å². The Morgan fingerprint density at radius 1 is 1.22 bits per heavy atom. The molecule has 0 aliphatic carbocycles. The molecule has 0 bridgehead atoms. The van der Waals surface area contributed by atoms with Crippen molar-refractivity contribution in [2.45, 2.75) is 39.3 Å². The van der Waals surface area contributed by atoms with Crippen molar-refractivity contribution in [2.24, 2.45) is 0 Å². The van der Waals surface area contributed by atoms with E-state index in [1.54, 1.807) is 11.3 Å². The lowest BCUT2D eigenvalue weighted by Crippen LogP contribution is -2.47. The van der Waals surface area contributed by atoms with E-state index in [1.807, 2.05) is 4.68 Å². The van der Waals surface area contributed by atoms with Gasteiger partial charge in [-0.3, -0.25) is 4.90 Å². The van der Waals surface area contributed by atoms with Gasteiger partial charge in [0.15, 0.2) is 5.82 Å². The van der Waals surface area contributed by atoms with Crippen LogP contribution in [0.5, 0.6) is 0 Å². The van der Waals surface area contributed by atoms with Gasteiger partial charge in [0.1, 0.15) is 0 Å². The molecular weight excluding hydrogens is 308 g/mol. The van der Waals surface area contributed by atoms with Crippen molar-refractivity contribution >= 4 is 11.3 Å². The van der Waals surface area contributed by atoms with Crippen LogP contribution in [-0.2, 0) is 6.54 Å². The van der Waals surface area contributed by atoms with Crippen LogP contribution < -0.4 is 0 Å². The van der Waals surface area contributed by atoms with Crippen LogP contribution in [0, 0.1) is 0 Å². The van der Waals surface area contributed by atoms with Crippen molar-refractivity contribution in [3.8, 4) is 0 Å². The zero-order chi connectivity index (χ0) is 16.1. The Hall–Kier alpha value is -1.31. The molecule has 1 aliphatic heterocycles. The van der Waals surface area contributed by atoms with Crippen LogP contribution in [0.15, 0.2) is 17.5 Å². The van der Waals surface area contributed by atoms with Gasteiger partial charge < -0.3 is 4.90 Å². The van der Waals surface area contributed by atoms with Gasteiger partial charge in [0, 0.05) is 31.1 Å². The summed E-state index contributed by atoms with van der Waals surface area (Å²) < 4.78 is 1.98. The quantitative estimate of drug-likeness (QED) is 0.777. The highest BCUT2D eigenvalue weighted by molar-refractivity contribution is 7.09. The molecular formula is C16H26N6S. The van der Waals surface area contributed by atoms with E-state index in [0.29, 0.717) is 6.04 Å². The molecule has 0 amide bonds. The van der Waals surface area contributed by atoms with Crippen molar-refractivity contribution < 1.29 is 0 Å². The fourth-order valence-electron chi connectivity index (χ4n) is 3.25. The van der Waals surface area contributed by atoms with E-state index < -0.39 is 0 Å². The average Bonchev–Trinajstić information content (AvgIpc) is 3.25. The monoisotopic (exact) mass is 334 g/mol. The lowest BCUT2D eigenvalue weighted by Gasteiger charge is -2.38. The molecule has 0 aromatic carbocycles. The number of likely N-dealkylation sites (N-methyl/N-ethyl adjacent to an activating group) is 1. The van der Waals surface area contributed by atoms with Gasteiger partial charge in [-0.15, -0.1) is 16.4 Å². The van der Waals surface area contributed by atoms with E-state index in [2.05, 4.69) is 56.7 Å². The molecule has 6 nitrogen and oxygen atoms in total. The Balaban J connectivity index is 1.75. The molecule has 0 saturated carbocycles. The molecule has 1 fully saturated rings. The SMILES string of the molecule is CCCC(c1nnnn1Cc1cccs1)N1CCN(CC)CC1. The zero-order valence-corrected chi connectivity index (χ0v) is 14.9. The average molecular weight is 334 g/mol. The molecule has 0 spiro atoms. The summed E-state index contributed by atoms with van der Waals surface area (Å²) in [6.45, 7) is 10.9. The van der Waals surface area contributed by atoms with Crippen molar-refractivity contribution in [2.75, 3.05) is 32.7 Å². The van der Waals surface area contributed by atoms with Crippen LogP contribution in [0.2, 0.25) is 0 Å². The lowest BCUT2D eigenvalue weighted by molar-refractivity contribution is 0.0889. The molecule has 1 unspecified atom stereocenters. The summed E-state index contributed by atoms with van der Waals surface area (Å²) in [7, 11) is 0. The van der Waals surface area contributed by atoms with Crippen molar-refractivity contribution in [1.29, 1.82) is 0 Å². The maximum Gasteiger partial charge on any atom is 0.168 e. The van der Waals surface area contributed by atoms with Crippen LogP contribution in [-0.4, -0.2) is 62.7 Å². The van der Waals surface area contributed by atoms with E-state index in [1.165, 1.54) is 4.88 Å². The number of aromatic nitrogens is 4. The van der Waals surface area contributed by atoms with Gasteiger partial charge in [-0.05, 0) is 34.8 Å². The van der Waals surface area contributed by atoms with Crippen molar-refractivity contribution in [3.63, 3.8) is 0 Å². The summed E-state index contributed by atoms with van der Waals surface area (Å²) in [6, 6.07) is 4.55. The van der Waals surface area contributed by atoms with E-state index >= 15 is 0 Å². The highest BCUT2D eigenvalue weighted by Gasteiger charge is 2.28. The minimum Gasteiger partial charge on any atom is -0.301 e. The Kier molecular flexibility index (Phi) is 5.75. The first kappa shape index (κ1) is 16.5. The second-order valence-electron chi connectivity index (χ2n) is 6.05. The fraction of sp³-hybridized carbons (Fsp3) is 0.688. The summed E-state index contributed by atoms with van der Waals surface area (Å²) in [5.74, 6) is 1.02. The molecule has 23 heavy (non-hydrogen) atoms. The Bertz CT molecular complexity index is 573. The standard InChI is InChI=1S/C16H26N6S/c1-3-6-15(21-10-8-20(4-2)9-11-21)16-17-18-19-22(16)13-14-7-5-12-23-14/h5,7,12,15H,3-4,6,8-11,13H2,1-2H3. The lowest BCUT2D eigenvalue weighted by atomic mass is 10.1. The summed E-state index contributed by atoms with van der Waals surface area (Å²) in [5.41, 5.74) is 0. The molecule has 2 aromatic rings. The van der Waals surface area contributed by atoms with E-state index in [9.17, 15) is 0 Å². The normalized spacial score (nSPS) is 18.3. The van der Waals surface area contributed by atoms with Gasteiger partial charge in [0.2, 0.25) is 0 Å². The molecule has 126 valence electrons. The second-order valence-corrected chi connectivity index (χ2v) is 7.08. The first-order valence-electron chi connectivity index (χ1n) is 8.56. The predicted molar refractivity (Wildman–Crippen MR) is 92.6 cm³/mol. The van der Waals surface area contributed by atoms with Crippen LogP contribution in [0.1, 0.15) is 43.4 Å². The minimum absolute atomic E-state index is 0.328. The summed E-state index contributed by atoms with van der Waals surface area (Å²) in [4.78, 5) is 6.37. The molecule has 1 atom stereocenters. The van der Waals surface area contributed by atoms with Crippen molar-refractivity contribution in [1.82, 2.24) is 30.0 Å². The van der Waals surface area contributed by atoms with Gasteiger partial charge in [-0.1, -0.05) is 26.3 Å². The van der Waals surface area contributed by atoms with Crippen LogP contribution in [0.4, 0.5) is 0 Å². The van der Waals surface area contributed by atoms with E-state index in [0.717, 1.165) is 57.9 Å². The third-order valence-electron chi connectivity index (χ3n) is 4.60. The van der Waals surface area contributed by atoms with Gasteiger partial charge in [-0.25, -0.2) is 4.68 Å². The van der Waals surface area contributed by atoms with E-state index in [-0.39, 0.29) is 0 Å². The summed E-state index contributed by atoms with van der Waals surface area (Å²) >= 11 is 1.76. The maximum absolute atomic E-state index is 4.38. The molecule has 3 heterocycles. The zero-order valence-electron chi connectivity index (χ0n) is 14.1. The molecule has 0 N–H and O–H groups in total. The number of rotatable bonds is 7. The third kappa shape index (κ3) is 3.97. The van der Waals surface area contributed by atoms with Gasteiger partial charge >= 0.3 is 0 Å². The van der Waals surface area contributed by atoms with Crippen molar-refractivity contribution in [3.05, 3.63) is 28.2 Å². The smallest absolute Gasteiger partial charge is 0.168 e. The number of nitrogens with zero attached hydrogens (tertiary/aromatic N) is 6. The van der Waals surface area contributed by atoms with Crippen LogP contribution in [0.3, 0.4) is 0 Å². The van der Waals surface area contributed by atoms with Crippen LogP contribution in [0.25, 0.3) is 0 Å². The number of thiophene rings is 1. The topological polar surface area (TPSA) is 50.1 Å². The molecule has 0 radical (unpaired) electrons. The highest BCUT2D eigenvalue weighted by atomic mass is 32.1. The third-order valence-corrected chi connectivity index (χ3v) is 5.46. The molecule has 1 saturated heterocycles. The molecule has 7 heteroatoms.